The normalized spacial score (nSPS) is 11.6. The summed E-state index contributed by atoms with van der Waals surface area (Å²) in [6, 6.07) is 14.1. The summed E-state index contributed by atoms with van der Waals surface area (Å²) in [5.41, 5.74) is 2.16. The molecule has 0 spiro atoms. The van der Waals surface area contributed by atoms with Gasteiger partial charge in [-0.2, -0.15) is 0 Å². The predicted molar refractivity (Wildman–Crippen MR) is 109 cm³/mol. The van der Waals surface area contributed by atoms with Crippen molar-refractivity contribution in [1.29, 1.82) is 0 Å². The summed E-state index contributed by atoms with van der Waals surface area (Å²) in [7, 11) is 0. The lowest BCUT2D eigenvalue weighted by Crippen LogP contribution is -2.08. The van der Waals surface area contributed by atoms with E-state index in [-0.39, 0.29) is 18.3 Å². The molecule has 0 radical (unpaired) electrons. The zero-order valence-corrected chi connectivity index (χ0v) is 16.7. The van der Waals surface area contributed by atoms with Gasteiger partial charge in [-0.1, -0.05) is 24.3 Å². The van der Waals surface area contributed by atoms with E-state index in [1.54, 1.807) is 0 Å². The molecule has 0 saturated heterocycles. The number of hydrogen-bond acceptors (Lipinski definition) is 3. The number of benzene rings is 2. The molecule has 140 valence electrons. The Morgan fingerprint density at radius 3 is 1.42 bits per heavy atom. The van der Waals surface area contributed by atoms with Crippen molar-refractivity contribution in [2.24, 2.45) is 0 Å². The van der Waals surface area contributed by atoms with Crippen LogP contribution in [0.25, 0.3) is 12.2 Å². The quantitative estimate of drug-likeness (QED) is 0.527. The molecule has 3 heteroatoms. The van der Waals surface area contributed by atoms with Crippen LogP contribution in [0.1, 0.15) is 52.7 Å². The van der Waals surface area contributed by atoms with Gasteiger partial charge in [-0.05, 0) is 76.9 Å². The van der Waals surface area contributed by atoms with Crippen LogP contribution in [0.5, 0.6) is 17.2 Å². The van der Waals surface area contributed by atoms with Crippen molar-refractivity contribution in [1.82, 2.24) is 0 Å². The molecular formula is C23H30O3. The molecule has 0 unspecified atom stereocenters. The van der Waals surface area contributed by atoms with E-state index >= 15 is 0 Å². The fourth-order valence-corrected chi connectivity index (χ4v) is 2.49. The molecule has 2 rings (SSSR count). The summed E-state index contributed by atoms with van der Waals surface area (Å²) in [4.78, 5) is 0. The van der Waals surface area contributed by atoms with Crippen molar-refractivity contribution in [2.45, 2.75) is 59.9 Å². The molecule has 0 saturated carbocycles. The van der Waals surface area contributed by atoms with Crippen LogP contribution in [-0.2, 0) is 0 Å². The van der Waals surface area contributed by atoms with Crippen molar-refractivity contribution < 1.29 is 14.2 Å². The minimum atomic E-state index is 0.120. The molecule has 0 amide bonds. The van der Waals surface area contributed by atoms with Crippen LogP contribution in [0.3, 0.4) is 0 Å². The second-order valence-electron chi connectivity index (χ2n) is 7.14. The Kier molecular flexibility index (Phi) is 7.14. The molecule has 0 aliphatic carbocycles. The van der Waals surface area contributed by atoms with Crippen molar-refractivity contribution in [3.05, 3.63) is 53.6 Å². The van der Waals surface area contributed by atoms with Crippen LogP contribution in [0.2, 0.25) is 0 Å². The highest BCUT2D eigenvalue weighted by Gasteiger charge is 2.05. The zero-order chi connectivity index (χ0) is 19.1. The van der Waals surface area contributed by atoms with Crippen LogP contribution >= 0.6 is 0 Å². The summed E-state index contributed by atoms with van der Waals surface area (Å²) < 4.78 is 17.4. The van der Waals surface area contributed by atoms with E-state index < -0.39 is 0 Å². The van der Waals surface area contributed by atoms with Gasteiger partial charge in [-0.15, -0.1) is 0 Å². The van der Waals surface area contributed by atoms with E-state index in [0.29, 0.717) is 0 Å². The van der Waals surface area contributed by atoms with Gasteiger partial charge in [0.2, 0.25) is 0 Å². The van der Waals surface area contributed by atoms with Crippen molar-refractivity contribution in [3.8, 4) is 17.2 Å². The van der Waals surface area contributed by atoms with E-state index in [0.717, 1.165) is 28.4 Å². The Hall–Kier alpha value is -2.42. The third kappa shape index (κ3) is 6.83. The lowest BCUT2D eigenvalue weighted by Gasteiger charge is -2.15. The first-order valence-corrected chi connectivity index (χ1v) is 9.25. The highest BCUT2D eigenvalue weighted by molar-refractivity contribution is 5.71. The lowest BCUT2D eigenvalue weighted by molar-refractivity contribution is 0.229. The maximum atomic E-state index is 5.85. The van der Waals surface area contributed by atoms with Crippen LogP contribution in [0, 0.1) is 0 Å². The Labute approximate surface area is 157 Å². The lowest BCUT2D eigenvalue weighted by atomic mass is 10.1. The van der Waals surface area contributed by atoms with Crippen molar-refractivity contribution >= 4 is 12.2 Å². The van der Waals surface area contributed by atoms with Crippen molar-refractivity contribution in [2.75, 3.05) is 0 Å². The van der Waals surface area contributed by atoms with E-state index in [4.69, 9.17) is 14.2 Å². The Morgan fingerprint density at radius 1 is 0.538 bits per heavy atom. The molecule has 0 atom stereocenters. The summed E-state index contributed by atoms with van der Waals surface area (Å²) >= 11 is 0. The standard InChI is InChI=1S/C23H30O3/c1-16(2)24-21-11-9-19(10-12-21)7-8-20-13-22(25-17(3)4)15-23(14-20)26-18(5)6/h7-18H,1-6H3/b8-7+. The molecule has 26 heavy (non-hydrogen) atoms. The molecule has 2 aromatic carbocycles. The van der Waals surface area contributed by atoms with Crippen LogP contribution in [0.15, 0.2) is 42.5 Å². The Bertz CT molecular complexity index is 684. The number of rotatable bonds is 8. The van der Waals surface area contributed by atoms with Gasteiger partial charge in [0.05, 0.1) is 18.3 Å². The zero-order valence-electron chi connectivity index (χ0n) is 16.7. The second kappa shape index (κ2) is 9.33. The average molecular weight is 354 g/mol. The molecule has 0 N–H and O–H groups in total. The molecule has 0 aliphatic heterocycles. The van der Waals surface area contributed by atoms with E-state index in [2.05, 4.69) is 12.2 Å². The fourth-order valence-electron chi connectivity index (χ4n) is 2.49. The Morgan fingerprint density at radius 2 is 0.962 bits per heavy atom. The number of hydrogen-bond donors (Lipinski definition) is 0. The smallest absolute Gasteiger partial charge is 0.123 e. The predicted octanol–water partition coefficient (Wildman–Crippen LogP) is 6.22. The average Bonchev–Trinajstić information content (AvgIpc) is 2.52. The first kappa shape index (κ1) is 19.9. The van der Waals surface area contributed by atoms with Gasteiger partial charge in [0.1, 0.15) is 17.2 Å². The second-order valence-corrected chi connectivity index (χ2v) is 7.14. The van der Waals surface area contributed by atoms with Crippen molar-refractivity contribution in [3.63, 3.8) is 0 Å². The summed E-state index contributed by atoms with van der Waals surface area (Å²) in [5, 5.41) is 0. The third-order valence-corrected chi connectivity index (χ3v) is 3.37. The minimum absolute atomic E-state index is 0.120. The topological polar surface area (TPSA) is 27.7 Å². The van der Waals surface area contributed by atoms with Gasteiger partial charge < -0.3 is 14.2 Å². The summed E-state index contributed by atoms with van der Waals surface area (Å²) in [5.74, 6) is 2.52. The van der Waals surface area contributed by atoms with Crippen LogP contribution in [-0.4, -0.2) is 18.3 Å². The van der Waals surface area contributed by atoms with Gasteiger partial charge in [0.15, 0.2) is 0 Å². The van der Waals surface area contributed by atoms with E-state index in [9.17, 15) is 0 Å². The monoisotopic (exact) mass is 354 g/mol. The highest BCUT2D eigenvalue weighted by Crippen LogP contribution is 2.26. The maximum Gasteiger partial charge on any atom is 0.123 e. The van der Waals surface area contributed by atoms with Gasteiger partial charge in [0, 0.05) is 6.07 Å². The SMILES string of the molecule is CC(C)Oc1ccc(/C=C/c2cc(OC(C)C)cc(OC(C)C)c2)cc1. The molecule has 0 bridgehead atoms. The fraction of sp³-hybridized carbons (Fsp3) is 0.391. The summed E-state index contributed by atoms with van der Waals surface area (Å²) in [6.07, 6.45) is 4.56. The van der Waals surface area contributed by atoms with Gasteiger partial charge >= 0.3 is 0 Å². The molecule has 0 fully saturated rings. The van der Waals surface area contributed by atoms with Crippen LogP contribution < -0.4 is 14.2 Å². The summed E-state index contributed by atoms with van der Waals surface area (Å²) in [6.45, 7) is 12.1. The first-order valence-electron chi connectivity index (χ1n) is 9.25. The first-order chi connectivity index (χ1) is 12.3. The van der Waals surface area contributed by atoms with E-state index in [1.807, 2.05) is 84.0 Å². The Balaban J connectivity index is 2.19. The van der Waals surface area contributed by atoms with Gasteiger partial charge in [-0.25, -0.2) is 0 Å². The van der Waals surface area contributed by atoms with E-state index in [1.165, 1.54) is 0 Å². The minimum Gasteiger partial charge on any atom is -0.491 e. The molecule has 0 aliphatic rings. The largest absolute Gasteiger partial charge is 0.491 e. The molecule has 0 aromatic heterocycles. The highest BCUT2D eigenvalue weighted by atomic mass is 16.5. The maximum absolute atomic E-state index is 5.85. The molecule has 3 nitrogen and oxygen atoms in total. The van der Waals surface area contributed by atoms with Gasteiger partial charge in [0.25, 0.3) is 0 Å². The molecule has 2 aromatic rings. The third-order valence-electron chi connectivity index (χ3n) is 3.37. The number of ether oxygens (including phenoxy) is 3. The molecule has 0 heterocycles. The van der Waals surface area contributed by atoms with Gasteiger partial charge in [-0.3, -0.25) is 0 Å². The molecular weight excluding hydrogens is 324 g/mol. The van der Waals surface area contributed by atoms with Crippen LogP contribution in [0.4, 0.5) is 0 Å².